The van der Waals surface area contributed by atoms with Crippen LogP contribution < -0.4 is 10.9 Å². The highest BCUT2D eigenvalue weighted by Gasteiger charge is 2.09. The Morgan fingerprint density at radius 1 is 1.00 bits per heavy atom. The van der Waals surface area contributed by atoms with E-state index in [1.54, 1.807) is 6.07 Å². The molecule has 0 bridgehead atoms. The molecule has 2 aromatic rings. The van der Waals surface area contributed by atoms with Crippen LogP contribution >= 0.6 is 0 Å². The maximum absolute atomic E-state index is 11.3. The van der Waals surface area contributed by atoms with Crippen molar-refractivity contribution in [1.82, 2.24) is 0 Å². The van der Waals surface area contributed by atoms with Crippen LogP contribution in [0.4, 0.5) is 0 Å². The van der Waals surface area contributed by atoms with Crippen molar-refractivity contribution in [3.63, 3.8) is 0 Å². The summed E-state index contributed by atoms with van der Waals surface area (Å²) < 4.78 is 22.6. The summed E-state index contributed by atoms with van der Waals surface area (Å²) in [6, 6.07) is 14.5. The molecule has 5 heteroatoms. The van der Waals surface area contributed by atoms with E-state index in [2.05, 4.69) is 0 Å². The average molecular weight is 288 g/mol. The molecule has 104 valence electrons. The normalized spacial score (nSPS) is 11.9. The minimum atomic E-state index is -3.70. The SMILES string of the molecule is NCc1cc(S(N)(=O)=O)ccc1/C=C/c1ccccc1. The second-order valence-corrected chi connectivity index (χ2v) is 5.92. The van der Waals surface area contributed by atoms with Gasteiger partial charge in [0.15, 0.2) is 0 Å². The molecule has 4 N–H and O–H groups in total. The first-order valence-electron chi connectivity index (χ1n) is 6.09. The Bertz CT molecular complexity index is 723. The Balaban J connectivity index is 2.36. The quantitative estimate of drug-likeness (QED) is 0.843. The van der Waals surface area contributed by atoms with Gasteiger partial charge in [0.2, 0.25) is 10.0 Å². The van der Waals surface area contributed by atoms with Crippen LogP contribution in [0.2, 0.25) is 0 Å². The first-order chi connectivity index (χ1) is 9.50. The molecular formula is C15H16N2O2S. The summed E-state index contributed by atoms with van der Waals surface area (Å²) in [5.74, 6) is 0. The third-order valence-corrected chi connectivity index (χ3v) is 3.83. The van der Waals surface area contributed by atoms with Gasteiger partial charge in [-0.1, -0.05) is 48.6 Å². The van der Waals surface area contributed by atoms with Gasteiger partial charge in [0, 0.05) is 6.54 Å². The van der Waals surface area contributed by atoms with Crippen LogP contribution in [0.3, 0.4) is 0 Å². The molecule has 0 aliphatic heterocycles. The highest BCUT2D eigenvalue weighted by atomic mass is 32.2. The Morgan fingerprint density at radius 3 is 2.30 bits per heavy atom. The topological polar surface area (TPSA) is 86.2 Å². The van der Waals surface area contributed by atoms with Gasteiger partial charge < -0.3 is 5.73 Å². The van der Waals surface area contributed by atoms with Gasteiger partial charge in [0.25, 0.3) is 0 Å². The molecule has 2 rings (SSSR count). The van der Waals surface area contributed by atoms with Crippen molar-refractivity contribution in [1.29, 1.82) is 0 Å². The molecule has 0 atom stereocenters. The first kappa shape index (κ1) is 14.5. The zero-order valence-corrected chi connectivity index (χ0v) is 11.7. The lowest BCUT2D eigenvalue weighted by atomic mass is 10.1. The van der Waals surface area contributed by atoms with Crippen molar-refractivity contribution >= 4 is 22.2 Å². The van der Waals surface area contributed by atoms with Gasteiger partial charge >= 0.3 is 0 Å². The van der Waals surface area contributed by atoms with E-state index in [0.717, 1.165) is 16.7 Å². The maximum atomic E-state index is 11.3. The second kappa shape index (κ2) is 6.00. The molecule has 0 fully saturated rings. The molecule has 0 saturated heterocycles. The highest BCUT2D eigenvalue weighted by Crippen LogP contribution is 2.17. The van der Waals surface area contributed by atoms with Crippen LogP contribution in [0.15, 0.2) is 53.4 Å². The van der Waals surface area contributed by atoms with Crippen molar-refractivity contribution < 1.29 is 8.42 Å². The lowest BCUT2D eigenvalue weighted by Gasteiger charge is -2.06. The van der Waals surface area contributed by atoms with Crippen molar-refractivity contribution in [3.05, 3.63) is 65.2 Å². The largest absolute Gasteiger partial charge is 0.326 e. The number of hydrogen-bond donors (Lipinski definition) is 2. The Hall–Kier alpha value is -1.95. The third kappa shape index (κ3) is 3.54. The third-order valence-electron chi connectivity index (χ3n) is 2.92. The van der Waals surface area contributed by atoms with E-state index >= 15 is 0 Å². The molecule has 0 amide bonds. The van der Waals surface area contributed by atoms with E-state index in [4.69, 9.17) is 10.9 Å². The fourth-order valence-electron chi connectivity index (χ4n) is 1.85. The monoisotopic (exact) mass is 288 g/mol. The Kier molecular flexibility index (Phi) is 4.34. The molecule has 0 aliphatic rings. The molecular weight excluding hydrogens is 272 g/mol. The number of nitrogens with two attached hydrogens (primary N) is 2. The maximum Gasteiger partial charge on any atom is 0.238 e. The summed E-state index contributed by atoms with van der Waals surface area (Å²) in [4.78, 5) is 0.0785. The second-order valence-electron chi connectivity index (χ2n) is 4.35. The lowest BCUT2D eigenvalue weighted by Crippen LogP contribution is -2.13. The summed E-state index contributed by atoms with van der Waals surface area (Å²) >= 11 is 0. The minimum Gasteiger partial charge on any atom is -0.326 e. The van der Waals surface area contributed by atoms with Crippen LogP contribution in [0.5, 0.6) is 0 Å². The number of hydrogen-bond acceptors (Lipinski definition) is 3. The summed E-state index contributed by atoms with van der Waals surface area (Å²) in [5, 5.41) is 5.11. The summed E-state index contributed by atoms with van der Waals surface area (Å²) in [6.07, 6.45) is 3.86. The van der Waals surface area contributed by atoms with Gasteiger partial charge in [0.1, 0.15) is 0 Å². The molecule has 0 spiro atoms. The zero-order valence-electron chi connectivity index (χ0n) is 10.9. The first-order valence-corrected chi connectivity index (χ1v) is 7.64. The van der Waals surface area contributed by atoms with E-state index in [1.807, 2.05) is 42.5 Å². The van der Waals surface area contributed by atoms with Crippen molar-refractivity contribution in [3.8, 4) is 0 Å². The van der Waals surface area contributed by atoms with Crippen LogP contribution in [-0.2, 0) is 16.6 Å². The number of benzene rings is 2. The lowest BCUT2D eigenvalue weighted by molar-refractivity contribution is 0.597. The van der Waals surface area contributed by atoms with Gasteiger partial charge in [0.05, 0.1) is 4.90 Å². The predicted molar refractivity (Wildman–Crippen MR) is 81.1 cm³/mol. The fourth-order valence-corrected chi connectivity index (χ4v) is 2.41. The van der Waals surface area contributed by atoms with E-state index in [9.17, 15) is 8.42 Å². The van der Waals surface area contributed by atoms with Crippen LogP contribution in [0, 0.1) is 0 Å². The van der Waals surface area contributed by atoms with Crippen molar-refractivity contribution in [2.24, 2.45) is 10.9 Å². The molecule has 0 saturated carbocycles. The molecule has 4 nitrogen and oxygen atoms in total. The van der Waals surface area contributed by atoms with E-state index in [-0.39, 0.29) is 11.4 Å². The molecule has 2 aromatic carbocycles. The van der Waals surface area contributed by atoms with Crippen LogP contribution in [0.1, 0.15) is 16.7 Å². The average Bonchev–Trinajstić information content (AvgIpc) is 2.45. The number of sulfonamides is 1. The predicted octanol–water partition coefficient (Wildman–Crippen LogP) is 1.96. The fraction of sp³-hybridized carbons (Fsp3) is 0.0667. The van der Waals surface area contributed by atoms with Crippen LogP contribution in [-0.4, -0.2) is 8.42 Å². The van der Waals surface area contributed by atoms with Gasteiger partial charge in [-0.05, 0) is 28.8 Å². The summed E-state index contributed by atoms with van der Waals surface area (Å²) in [7, 11) is -3.70. The van der Waals surface area contributed by atoms with E-state index in [0.29, 0.717) is 0 Å². The molecule has 0 heterocycles. The Labute approximate surface area is 118 Å². The Morgan fingerprint density at radius 2 is 1.70 bits per heavy atom. The summed E-state index contributed by atoms with van der Waals surface area (Å²) in [6.45, 7) is 0.248. The summed E-state index contributed by atoms with van der Waals surface area (Å²) in [5.41, 5.74) is 8.34. The highest BCUT2D eigenvalue weighted by molar-refractivity contribution is 7.89. The van der Waals surface area contributed by atoms with Crippen molar-refractivity contribution in [2.45, 2.75) is 11.4 Å². The molecule has 0 radical (unpaired) electrons. The molecule has 20 heavy (non-hydrogen) atoms. The molecule has 0 aromatic heterocycles. The van der Waals surface area contributed by atoms with Gasteiger partial charge in [-0.15, -0.1) is 0 Å². The minimum absolute atomic E-state index is 0.0785. The van der Waals surface area contributed by atoms with Crippen LogP contribution in [0.25, 0.3) is 12.2 Å². The number of rotatable bonds is 4. The van der Waals surface area contributed by atoms with E-state index < -0.39 is 10.0 Å². The molecule has 0 aliphatic carbocycles. The van der Waals surface area contributed by atoms with Crippen molar-refractivity contribution in [2.75, 3.05) is 0 Å². The zero-order chi connectivity index (χ0) is 14.6. The van der Waals surface area contributed by atoms with E-state index in [1.165, 1.54) is 12.1 Å². The standard InChI is InChI=1S/C15H16N2O2S/c16-11-14-10-15(20(17,18)19)9-8-13(14)7-6-12-4-2-1-3-5-12/h1-10H,11,16H2,(H2,17,18,19)/b7-6+. The number of primary sulfonamides is 1. The smallest absolute Gasteiger partial charge is 0.238 e. The van der Waals surface area contributed by atoms with Gasteiger partial charge in [-0.25, -0.2) is 13.6 Å². The van der Waals surface area contributed by atoms with Gasteiger partial charge in [-0.2, -0.15) is 0 Å². The molecule has 0 unspecified atom stereocenters. The van der Waals surface area contributed by atoms with Gasteiger partial charge in [-0.3, -0.25) is 0 Å².